The lowest BCUT2D eigenvalue weighted by atomic mass is 10.2. The van der Waals surface area contributed by atoms with E-state index in [1.54, 1.807) is 6.07 Å². The highest BCUT2D eigenvalue weighted by Crippen LogP contribution is 2.30. The van der Waals surface area contributed by atoms with Gasteiger partial charge in [-0.15, -0.1) is 0 Å². The maximum atomic E-state index is 11.9. The van der Waals surface area contributed by atoms with Crippen molar-refractivity contribution in [2.45, 2.75) is 6.61 Å². The molecule has 112 valence electrons. The van der Waals surface area contributed by atoms with Gasteiger partial charge < -0.3 is 4.74 Å². The average Bonchev–Trinajstić information content (AvgIpc) is 2.92. The summed E-state index contributed by atoms with van der Waals surface area (Å²) in [6.07, 6.45) is 0. The summed E-state index contributed by atoms with van der Waals surface area (Å²) in [5.41, 5.74) is 1.73. The zero-order chi connectivity index (χ0) is 15.4. The first-order valence-corrected chi connectivity index (χ1v) is 7.88. The van der Waals surface area contributed by atoms with E-state index < -0.39 is 0 Å². The first-order valence-electron chi connectivity index (χ1n) is 6.69. The highest BCUT2D eigenvalue weighted by molar-refractivity contribution is 7.22. The van der Waals surface area contributed by atoms with E-state index in [1.165, 1.54) is 11.3 Å². The Morgan fingerprint density at radius 2 is 2.00 bits per heavy atom. The topological polar surface area (TPSA) is 51.2 Å². The minimum Gasteiger partial charge on any atom is -0.367 e. The summed E-state index contributed by atoms with van der Waals surface area (Å²) in [5, 5.41) is 3.83. The molecule has 2 aromatic carbocycles. The van der Waals surface area contributed by atoms with Crippen molar-refractivity contribution in [2.24, 2.45) is 0 Å². The number of hydrogen-bond acceptors (Lipinski definition) is 4. The number of nitrogens with zero attached hydrogens (tertiary/aromatic N) is 1. The number of nitrogens with one attached hydrogen (secondary N) is 1. The SMILES string of the molecule is O=C(COCc1ccccc1)Nc1nc2c(Cl)cccc2s1. The van der Waals surface area contributed by atoms with Crippen LogP contribution in [0, 0.1) is 0 Å². The molecule has 0 aliphatic rings. The molecule has 1 heterocycles. The van der Waals surface area contributed by atoms with E-state index in [-0.39, 0.29) is 12.5 Å². The van der Waals surface area contributed by atoms with E-state index in [1.807, 2.05) is 42.5 Å². The second kappa shape index (κ2) is 6.87. The molecule has 0 unspecified atom stereocenters. The van der Waals surface area contributed by atoms with E-state index in [0.29, 0.717) is 22.3 Å². The van der Waals surface area contributed by atoms with Gasteiger partial charge in [0.05, 0.1) is 16.3 Å². The molecular weight excluding hydrogens is 320 g/mol. The van der Waals surface area contributed by atoms with Crippen LogP contribution in [0.15, 0.2) is 48.5 Å². The van der Waals surface area contributed by atoms with E-state index >= 15 is 0 Å². The van der Waals surface area contributed by atoms with E-state index in [4.69, 9.17) is 16.3 Å². The highest BCUT2D eigenvalue weighted by atomic mass is 35.5. The number of para-hydroxylation sites is 1. The third kappa shape index (κ3) is 3.62. The molecule has 0 aliphatic heterocycles. The van der Waals surface area contributed by atoms with Crippen LogP contribution in [-0.2, 0) is 16.1 Å². The molecule has 0 bridgehead atoms. The van der Waals surface area contributed by atoms with Gasteiger partial charge in [0.1, 0.15) is 12.1 Å². The largest absolute Gasteiger partial charge is 0.367 e. The molecule has 3 aromatic rings. The van der Waals surface area contributed by atoms with Gasteiger partial charge in [0.2, 0.25) is 0 Å². The fourth-order valence-electron chi connectivity index (χ4n) is 1.96. The Labute approximate surface area is 136 Å². The molecule has 1 amide bonds. The molecular formula is C16H13ClN2O2S. The number of carbonyl (C=O) groups excluding carboxylic acids is 1. The number of hydrogen-bond donors (Lipinski definition) is 1. The summed E-state index contributed by atoms with van der Waals surface area (Å²) >= 11 is 7.45. The van der Waals surface area contributed by atoms with Gasteiger partial charge in [0.15, 0.2) is 5.13 Å². The molecule has 0 radical (unpaired) electrons. The monoisotopic (exact) mass is 332 g/mol. The maximum absolute atomic E-state index is 11.9. The van der Waals surface area contributed by atoms with Crippen molar-refractivity contribution in [3.05, 3.63) is 59.1 Å². The third-order valence-electron chi connectivity index (χ3n) is 2.96. The number of amides is 1. The van der Waals surface area contributed by atoms with Crippen molar-refractivity contribution >= 4 is 44.2 Å². The molecule has 0 fully saturated rings. The van der Waals surface area contributed by atoms with Gasteiger partial charge >= 0.3 is 0 Å². The second-order valence-corrected chi connectivity index (χ2v) is 6.07. The maximum Gasteiger partial charge on any atom is 0.252 e. The summed E-state index contributed by atoms with van der Waals surface area (Å²) in [6.45, 7) is 0.387. The predicted molar refractivity (Wildman–Crippen MR) is 89.4 cm³/mol. The average molecular weight is 333 g/mol. The van der Waals surface area contributed by atoms with Gasteiger partial charge in [-0.05, 0) is 17.7 Å². The number of benzene rings is 2. The lowest BCUT2D eigenvalue weighted by Gasteiger charge is -2.04. The van der Waals surface area contributed by atoms with Crippen molar-refractivity contribution in [3.63, 3.8) is 0 Å². The van der Waals surface area contributed by atoms with Crippen molar-refractivity contribution in [2.75, 3.05) is 11.9 Å². The summed E-state index contributed by atoms with van der Waals surface area (Å²) < 4.78 is 6.33. The zero-order valence-electron chi connectivity index (χ0n) is 11.6. The van der Waals surface area contributed by atoms with Crippen LogP contribution in [-0.4, -0.2) is 17.5 Å². The number of ether oxygens (including phenoxy) is 1. The second-order valence-electron chi connectivity index (χ2n) is 4.63. The Morgan fingerprint density at radius 3 is 2.77 bits per heavy atom. The molecule has 0 spiro atoms. The minimum atomic E-state index is -0.230. The number of carbonyl (C=O) groups is 1. The number of anilines is 1. The van der Waals surface area contributed by atoms with Crippen LogP contribution in [0.2, 0.25) is 5.02 Å². The van der Waals surface area contributed by atoms with Gasteiger partial charge in [0.25, 0.3) is 5.91 Å². The lowest BCUT2D eigenvalue weighted by Crippen LogP contribution is -2.18. The number of aromatic nitrogens is 1. The number of halogens is 1. The van der Waals surface area contributed by atoms with E-state index in [9.17, 15) is 4.79 Å². The molecule has 22 heavy (non-hydrogen) atoms. The van der Waals surface area contributed by atoms with Crippen molar-refractivity contribution in [1.29, 1.82) is 0 Å². The molecule has 1 N–H and O–H groups in total. The fourth-order valence-corrected chi connectivity index (χ4v) is 3.14. The molecule has 0 aliphatic carbocycles. The Morgan fingerprint density at radius 1 is 1.18 bits per heavy atom. The minimum absolute atomic E-state index is 0.0153. The summed E-state index contributed by atoms with van der Waals surface area (Å²) in [7, 11) is 0. The first kappa shape index (κ1) is 15.0. The predicted octanol–water partition coefficient (Wildman–Crippen LogP) is 4.11. The summed E-state index contributed by atoms with van der Waals surface area (Å²) in [5.74, 6) is -0.230. The van der Waals surface area contributed by atoms with Crippen LogP contribution in [0.1, 0.15) is 5.56 Å². The normalized spacial score (nSPS) is 10.8. The zero-order valence-corrected chi connectivity index (χ0v) is 13.2. The Bertz CT molecular complexity index is 789. The van der Waals surface area contributed by atoms with Crippen molar-refractivity contribution < 1.29 is 9.53 Å². The Hall–Kier alpha value is -1.95. The Kier molecular flexibility index (Phi) is 4.68. The molecule has 3 rings (SSSR count). The third-order valence-corrected chi connectivity index (χ3v) is 4.20. The lowest BCUT2D eigenvalue weighted by molar-refractivity contribution is -0.121. The Balaban J connectivity index is 1.55. The summed E-state index contributed by atoms with van der Waals surface area (Å²) in [4.78, 5) is 16.2. The van der Waals surface area contributed by atoms with Crippen LogP contribution < -0.4 is 5.32 Å². The van der Waals surface area contributed by atoms with Gasteiger partial charge in [-0.2, -0.15) is 0 Å². The molecule has 0 saturated heterocycles. The molecule has 1 aromatic heterocycles. The van der Waals surface area contributed by atoms with Gasteiger partial charge in [-0.3, -0.25) is 10.1 Å². The first-order chi connectivity index (χ1) is 10.7. The number of thiazole rings is 1. The van der Waals surface area contributed by atoms with Crippen LogP contribution in [0.25, 0.3) is 10.2 Å². The fraction of sp³-hybridized carbons (Fsp3) is 0.125. The van der Waals surface area contributed by atoms with Gasteiger partial charge in [0, 0.05) is 0 Å². The van der Waals surface area contributed by atoms with Gasteiger partial charge in [-0.1, -0.05) is 59.3 Å². The van der Waals surface area contributed by atoms with Crippen molar-refractivity contribution in [3.8, 4) is 0 Å². The molecule has 0 saturated carbocycles. The number of rotatable bonds is 5. The smallest absolute Gasteiger partial charge is 0.252 e. The quantitative estimate of drug-likeness (QED) is 0.765. The summed E-state index contributed by atoms with van der Waals surface area (Å²) in [6, 6.07) is 15.3. The molecule has 4 nitrogen and oxygen atoms in total. The van der Waals surface area contributed by atoms with E-state index in [2.05, 4.69) is 10.3 Å². The van der Waals surface area contributed by atoms with E-state index in [0.717, 1.165) is 10.3 Å². The van der Waals surface area contributed by atoms with Crippen molar-refractivity contribution in [1.82, 2.24) is 4.98 Å². The molecule has 0 atom stereocenters. The van der Waals surface area contributed by atoms with Crippen LogP contribution >= 0.6 is 22.9 Å². The molecule has 6 heteroatoms. The van der Waals surface area contributed by atoms with Crippen LogP contribution in [0.4, 0.5) is 5.13 Å². The standard InChI is InChI=1S/C16H13ClN2O2S/c17-12-7-4-8-13-15(12)19-16(22-13)18-14(20)10-21-9-11-5-2-1-3-6-11/h1-8H,9-10H2,(H,18,19,20). The van der Waals surface area contributed by atoms with Gasteiger partial charge in [-0.25, -0.2) is 4.98 Å². The van der Waals surface area contributed by atoms with Crippen LogP contribution in [0.3, 0.4) is 0 Å². The van der Waals surface area contributed by atoms with Crippen LogP contribution in [0.5, 0.6) is 0 Å². The highest BCUT2D eigenvalue weighted by Gasteiger charge is 2.09. The number of fused-ring (bicyclic) bond motifs is 1.